The standard InChI is InChI=1S/C27H26F5N3O5S/c1-39-11-12-40-26-22(8-9-24(34-26)27(30,31)32)18-13-17(14-20(29)15-18)16-33-25(36)23-3-2-10-35(23)41(37,38)21-6-4-19(28)5-7-21/h4-9,13-15,23H,2-3,10-12,16H2,1H3,(H,33,36)/t23-/m0/s1. The Morgan fingerprint density at radius 1 is 1.05 bits per heavy atom. The van der Waals surface area contributed by atoms with Gasteiger partial charge in [0.25, 0.3) is 0 Å². The largest absolute Gasteiger partial charge is 0.475 e. The predicted molar refractivity (Wildman–Crippen MR) is 137 cm³/mol. The first kappa shape index (κ1) is 30.3. The summed E-state index contributed by atoms with van der Waals surface area (Å²) in [6, 6.07) is 8.79. The van der Waals surface area contributed by atoms with Crippen molar-refractivity contribution in [2.24, 2.45) is 0 Å². The minimum Gasteiger partial charge on any atom is -0.475 e. The number of sulfonamides is 1. The lowest BCUT2D eigenvalue weighted by atomic mass is 10.0. The van der Waals surface area contributed by atoms with Crippen LogP contribution in [0.25, 0.3) is 11.1 Å². The summed E-state index contributed by atoms with van der Waals surface area (Å²) >= 11 is 0. The van der Waals surface area contributed by atoms with E-state index in [1.54, 1.807) is 0 Å². The molecular weight excluding hydrogens is 573 g/mol. The number of hydrogen-bond donors (Lipinski definition) is 1. The number of hydrogen-bond acceptors (Lipinski definition) is 6. The molecule has 1 N–H and O–H groups in total. The molecular formula is C27H26F5N3O5S. The number of rotatable bonds is 10. The molecule has 2 aromatic carbocycles. The SMILES string of the molecule is COCCOc1nc(C(F)(F)F)ccc1-c1cc(F)cc(CNC(=O)[C@@H]2CCCN2S(=O)(=O)c2ccc(F)cc2)c1. The number of aromatic nitrogens is 1. The smallest absolute Gasteiger partial charge is 0.433 e. The number of halogens is 5. The second-order valence-corrected chi connectivity index (χ2v) is 11.1. The Labute approximate surface area is 233 Å². The molecule has 1 aromatic heterocycles. The number of carbonyl (C=O) groups is 1. The van der Waals surface area contributed by atoms with Gasteiger partial charge in [-0.1, -0.05) is 0 Å². The summed E-state index contributed by atoms with van der Waals surface area (Å²) in [4.78, 5) is 16.4. The fourth-order valence-electron chi connectivity index (χ4n) is 4.40. The third kappa shape index (κ3) is 7.18. The average Bonchev–Trinajstić information content (AvgIpc) is 3.43. The van der Waals surface area contributed by atoms with Crippen LogP contribution < -0.4 is 10.1 Å². The molecule has 1 fully saturated rings. The van der Waals surface area contributed by atoms with Crippen LogP contribution in [-0.4, -0.2) is 56.5 Å². The summed E-state index contributed by atoms with van der Waals surface area (Å²) in [6.45, 7) is -0.130. The maximum Gasteiger partial charge on any atom is 0.433 e. The van der Waals surface area contributed by atoms with Crippen molar-refractivity contribution in [1.82, 2.24) is 14.6 Å². The van der Waals surface area contributed by atoms with Crippen LogP contribution in [0.5, 0.6) is 5.88 Å². The van der Waals surface area contributed by atoms with E-state index in [2.05, 4.69) is 10.3 Å². The fraction of sp³-hybridized carbons (Fsp3) is 0.333. The van der Waals surface area contributed by atoms with Crippen LogP contribution in [0.2, 0.25) is 0 Å². The highest BCUT2D eigenvalue weighted by molar-refractivity contribution is 7.89. The Bertz CT molecular complexity index is 1500. The lowest BCUT2D eigenvalue weighted by Crippen LogP contribution is -2.45. The van der Waals surface area contributed by atoms with Gasteiger partial charge < -0.3 is 14.8 Å². The van der Waals surface area contributed by atoms with Crippen LogP contribution in [0.3, 0.4) is 0 Å². The molecule has 8 nitrogen and oxygen atoms in total. The van der Waals surface area contributed by atoms with Gasteiger partial charge in [0.2, 0.25) is 21.8 Å². The maximum atomic E-state index is 14.6. The first-order valence-electron chi connectivity index (χ1n) is 12.4. The maximum absolute atomic E-state index is 14.6. The summed E-state index contributed by atoms with van der Waals surface area (Å²) in [7, 11) is -2.69. The molecule has 41 heavy (non-hydrogen) atoms. The Kier molecular flexibility index (Phi) is 9.24. The van der Waals surface area contributed by atoms with Crippen molar-refractivity contribution >= 4 is 15.9 Å². The molecule has 2 heterocycles. The van der Waals surface area contributed by atoms with Gasteiger partial charge in [0, 0.05) is 25.8 Å². The van der Waals surface area contributed by atoms with Crippen LogP contribution in [0, 0.1) is 11.6 Å². The highest BCUT2D eigenvalue weighted by Gasteiger charge is 2.39. The first-order valence-corrected chi connectivity index (χ1v) is 13.9. The van der Waals surface area contributed by atoms with Crippen molar-refractivity contribution in [2.75, 3.05) is 26.9 Å². The number of methoxy groups -OCH3 is 1. The molecule has 1 saturated heterocycles. The van der Waals surface area contributed by atoms with Crippen LogP contribution in [0.1, 0.15) is 24.1 Å². The molecule has 1 atom stereocenters. The summed E-state index contributed by atoms with van der Waals surface area (Å²) < 4.78 is 105. The van der Waals surface area contributed by atoms with Gasteiger partial charge in [-0.3, -0.25) is 4.79 Å². The van der Waals surface area contributed by atoms with Crippen molar-refractivity contribution in [1.29, 1.82) is 0 Å². The molecule has 1 aliphatic heterocycles. The van der Waals surface area contributed by atoms with E-state index in [0.717, 1.165) is 52.8 Å². The van der Waals surface area contributed by atoms with Gasteiger partial charge in [-0.05, 0) is 78.6 Å². The number of nitrogens with one attached hydrogen (secondary N) is 1. The van der Waals surface area contributed by atoms with Crippen molar-refractivity contribution in [2.45, 2.75) is 36.5 Å². The van der Waals surface area contributed by atoms with E-state index in [1.165, 1.54) is 13.2 Å². The Hall–Kier alpha value is -3.62. The van der Waals surface area contributed by atoms with E-state index in [1.807, 2.05) is 0 Å². The molecule has 0 spiro atoms. The fourth-order valence-corrected chi connectivity index (χ4v) is 6.05. The van der Waals surface area contributed by atoms with E-state index in [-0.39, 0.29) is 60.2 Å². The van der Waals surface area contributed by atoms with Crippen molar-refractivity contribution in [3.63, 3.8) is 0 Å². The van der Waals surface area contributed by atoms with Gasteiger partial charge in [0.05, 0.1) is 11.5 Å². The molecule has 3 aromatic rings. The molecule has 1 amide bonds. The molecule has 220 valence electrons. The zero-order valence-corrected chi connectivity index (χ0v) is 22.6. The van der Waals surface area contributed by atoms with E-state index >= 15 is 0 Å². The van der Waals surface area contributed by atoms with Crippen molar-refractivity contribution < 1.29 is 44.6 Å². The van der Waals surface area contributed by atoms with E-state index in [0.29, 0.717) is 6.42 Å². The van der Waals surface area contributed by atoms with Crippen LogP contribution in [0.4, 0.5) is 22.0 Å². The molecule has 0 saturated carbocycles. The number of ether oxygens (including phenoxy) is 2. The zero-order chi connectivity index (χ0) is 29.8. The van der Waals surface area contributed by atoms with Gasteiger partial charge >= 0.3 is 6.18 Å². The Balaban J connectivity index is 1.53. The summed E-state index contributed by atoms with van der Waals surface area (Å²) in [6.07, 6.45) is -4.05. The minimum absolute atomic E-state index is 0.0763. The minimum atomic E-state index is -4.73. The highest BCUT2D eigenvalue weighted by Crippen LogP contribution is 2.35. The molecule has 0 radical (unpaired) electrons. The van der Waals surface area contributed by atoms with Crippen molar-refractivity contribution in [3.8, 4) is 17.0 Å². The number of amides is 1. The average molecular weight is 600 g/mol. The predicted octanol–water partition coefficient (Wildman–Crippen LogP) is 4.54. The normalized spacial score (nSPS) is 16.1. The number of benzene rings is 2. The van der Waals surface area contributed by atoms with Gasteiger partial charge in [-0.25, -0.2) is 22.2 Å². The van der Waals surface area contributed by atoms with Crippen LogP contribution in [0.15, 0.2) is 59.5 Å². The number of pyridine rings is 1. The number of alkyl halides is 3. The Morgan fingerprint density at radius 2 is 1.78 bits per heavy atom. The second kappa shape index (κ2) is 12.5. The number of carbonyl (C=O) groups excluding carboxylic acids is 1. The number of nitrogens with zero attached hydrogens (tertiary/aromatic N) is 2. The van der Waals surface area contributed by atoms with E-state index in [9.17, 15) is 35.2 Å². The van der Waals surface area contributed by atoms with Gasteiger partial charge in [-0.15, -0.1) is 0 Å². The second-order valence-electron chi connectivity index (χ2n) is 9.18. The topological polar surface area (TPSA) is 97.8 Å². The van der Waals surface area contributed by atoms with Crippen LogP contribution >= 0.6 is 0 Å². The lowest BCUT2D eigenvalue weighted by Gasteiger charge is -2.23. The van der Waals surface area contributed by atoms with Gasteiger partial charge in [-0.2, -0.15) is 17.5 Å². The van der Waals surface area contributed by atoms with E-state index < -0.39 is 45.5 Å². The third-order valence-corrected chi connectivity index (χ3v) is 8.26. The monoisotopic (exact) mass is 599 g/mol. The molecule has 4 rings (SSSR count). The lowest BCUT2D eigenvalue weighted by molar-refractivity contribution is -0.141. The van der Waals surface area contributed by atoms with E-state index in [4.69, 9.17) is 9.47 Å². The molecule has 14 heteroatoms. The quantitative estimate of drug-likeness (QED) is 0.272. The van der Waals surface area contributed by atoms with Gasteiger partial charge in [0.1, 0.15) is 30.0 Å². The third-order valence-electron chi connectivity index (χ3n) is 6.34. The summed E-state index contributed by atoms with van der Waals surface area (Å²) in [5.41, 5.74) is -0.672. The molecule has 0 unspecified atom stereocenters. The van der Waals surface area contributed by atoms with Crippen LogP contribution in [-0.2, 0) is 32.3 Å². The van der Waals surface area contributed by atoms with Gasteiger partial charge in [0.15, 0.2) is 0 Å². The molecule has 1 aliphatic rings. The Morgan fingerprint density at radius 3 is 2.46 bits per heavy atom. The summed E-state index contributed by atoms with van der Waals surface area (Å²) in [5, 5.41) is 2.61. The first-order chi connectivity index (χ1) is 19.4. The van der Waals surface area contributed by atoms with Crippen molar-refractivity contribution in [3.05, 3.63) is 77.5 Å². The highest BCUT2D eigenvalue weighted by atomic mass is 32.2. The molecule has 0 bridgehead atoms. The summed E-state index contributed by atoms with van der Waals surface area (Å²) in [5.74, 6) is -2.31. The zero-order valence-electron chi connectivity index (χ0n) is 21.7. The molecule has 0 aliphatic carbocycles.